The van der Waals surface area contributed by atoms with Crippen LogP contribution < -0.4 is 0 Å². The second-order valence-corrected chi connectivity index (χ2v) is 6.00. The summed E-state index contributed by atoms with van der Waals surface area (Å²) >= 11 is 0. The standard InChI is InChI=1S/C18H19FN4O2/c1-13-4-2-5-21-16(13)18(25)23-7-3-6-22(8-9-23)17(24)14-10-15(19)12-20-11-14/h2,4-5,10-12H,3,6-9H2,1H3. The molecule has 0 bridgehead atoms. The van der Waals surface area contributed by atoms with Crippen LogP contribution in [0.5, 0.6) is 0 Å². The minimum Gasteiger partial charge on any atom is -0.337 e. The molecule has 130 valence electrons. The number of amides is 2. The number of pyridine rings is 2. The first-order valence-electron chi connectivity index (χ1n) is 8.17. The van der Waals surface area contributed by atoms with Crippen LogP contribution in [0.2, 0.25) is 0 Å². The van der Waals surface area contributed by atoms with Gasteiger partial charge in [0.1, 0.15) is 11.5 Å². The molecule has 0 atom stereocenters. The van der Waals surface area contributed by atoms with E-state index in [9.17, 15) is 14.0 Å². The van der Waals surface area contributed by atoms with E-state index in [0.717, 1.165) is 11.8 Å². The fourth-order valence-electron chi connectivity index (χ4n) is 2.89. The Morgan fingerprint density at radius 2 is 1.80 bits per heavy atom. The van der Waals surface area contributed by atoms with E-state index < -0.39 is 5.82 Å². The van der Waals surface area contributed by atoms with E-state index in [4.69, 9.17) is 0 Å². The van der Waals surface area contributed by atoms with Crippen LogP contribution in [0.3, 0.4) is 0 Å². The molecular weight excluding hydrogens is 323 g/mol. The summed E-state index contributed by atoms with van der Waals surface area (Å²) in [6.45, 7) is 3.74. The lowest BCUT2D eigenvalue weighted by Gasteiger charge is -2.22. The highest BCUT2D eigenvalue weighted by molar-refractivity contribution is 5.95. The molecule has 0 radical (unpaired) electrons. The quantitative estimate of drug-likeness (QED) is 0.836. The van der Waals surface area contributed by atoms with Gasteiger partial charge < -0.3 is 9.80 Å². The van der Waals surface area contributed by atoms with Gasteiger partial charge in [-0.1, -0.05) is 6.07 Å². The summed E-state index contributed by atoms with van der Waals surface area (Å²) in [5, 5.41) is 0. The molecule has 3 heterocycles. The molecule has 2 amide bonds. The zero-order chi connectivity index (χ0) is 17.8. The molecule has 7 heteroatoms. The third-order valence-corrected chi connectivity index (χ3v) is 4.23. The maximum absolute atomic E-state index is 13.3. The third kappa shape index (κ3) is 3.81. The Morgan fingerprint density at radius 1 is 1.08 bits per heavy atom. The van der Waals surface area contributed by atoms with Crippen LogP contribution in [0.25, 0.3) is 0 Å². The summed E-state index contributed by atoms with van der Waals surface area (Å²) in [5.41, 5.74) is 1.49. The van der Waals surface area contributed by atoms with Crippen molar-refractivity contribution >= 4 is 11.8 Å². The average molecular weight is 342 g/mol. The highest BCUT2D eigenvalue weighted by Gasteiger charge is 2.25. The van der Waals surface area contributed by atoms with Gasteiger partial charge in [-0.2, -0.15) is 0 Å². The van der Waals surface area contributed by atoms with E-state index in [2.05, 4.69) is 9.97 Å². The van der Waals surface area contributed by atoms with Crippen molar-refractivity contribution in [3.63, 3.8) is 0 Å². The molecule has 6 nitrogen and oxygen atoms in total. The van der Waals surface area contributed by atoms with E-state index in [1.54, 1.807) is 22.1 Å². The van der Waals surface area contributed by atoms with Gasteiger partial charge in [-0.3, -0.25) is 19.6 Å². The Balaban J connectivity index is 1.69. The fraction of sp³-hybridized carbons (Fsp3) is 0.333. The van der Waals surface area contributed by atoms with Crippen molar-refractivity contribution in [2.24, 2.45) is 0 Å². The van der Waals surface area contributed by atoms with Crippen molar-refractivity contribution < 1.29 is 14.0 Å². The number of aromatic nitrogens is 2. The van der Waals surface area contributed by atoms with Crippen molar-refractivity contribution in [1.82, 2.24) is 19.8 Å². The maximum atomic E-state index is 13.3. The normalized spacial score (nSPS) is 15.0. The number of rotatable bonds is 2. The van der Waals surface area contributed by atoms with Crippen molar-refractivity contribution in [2.45, 2.75) is 13.3 Å². The molecule has 3 rings (SSSR count). The lowest BCUT2D eigenvalue weighted by atomic mass is 10.2. The number of hydrogen-bond acceptors (Lipinski definition) is 4. The Hall–Kier alpha value is -2.83. The van der Waals surface area contributed by atoms with Gasteiger partial charge in [0.2, 0.25) is 0 Å². The maximum Gasteiger partial charge on any atom is 0.272 e. The van der Waals surface area contributed by atoms with Crippen molar-refractivity contribution in [3.8, 4) is 0 Å². The van der Waals surface area contributed by atoms with Crippen LogP contribution in [0.1, 0.15) is 32.8 Å². The molecule has 0 unspecified atom stereocenters. The second kappa shape index (κ2) is 7.38. The number of nitrogens with zero attached hydrogens (tertiary/aromatic N) is 4. The minimum atomic E-state index is -0.539. The smallest absolute Gasteiger partial charge is 0.272 e. The summed E-state index contributed by atoms with van der Waals surface area (Å²) < 4.78 is 13.3. The number of carbonyl (C=O) groups excluding carboxylic acids is 2. The number of carbonyl (C=O) groups is 2. The largest absolute Gasteiger partial charge is 0.337 e. The monoisotopic (exact) mass is 342 g/mol. The first kappa shape index (κ1) is 17.0. The molecule has 1 saturated heterocycles. The summed E-state index contributed by atoms with van der Waals surface area (Å²) in [6.07, 6.45) is 4.68. The SMILES string of the molecule is Cc1cccnc1C(=O)N1CCCN(C(=O)c2cncc(F)c2)CC1. The molecule has 2 aromatic heterocycles. The van der Waals surface area contributed by atoms with Crippen LogP contribution in [0, 0.1) is 12.7 Å². The lowest BCUT2D eigenvalue weighted by molar-refractivity contribution is 0.0715. The number of hydrogen-bond donors (Lipinski definition) is 0. The summed E-state index contributed by atoms with van der Waals surface area (Å²) in [5.74, 6) is -0.932. The Labute approximate surface area is 145 Å². The topological polar surface area (TPSA) is 66.4 Å². The molecule has 2 aromatic rings. The van der Waals surface area contributed by atoms with E-state index in [0.29, 0.717) is 38.3 Å². The molecule has 0 saturated carbocycles. The van der Waals surface area contributed by atoms with Crippen molar-refractivity contribution in [2.75, 3.05) is 26.2 Å². The molecule has 1 fully saturated rings. The van der Waals surface area contributed by atoms with Crippen LogP contribution in [-0.4, -0.2) is 57.8 Å². The summed E-state index contributed by atoms with van der Waals surface area (Å²) in [4.78, 5) is 36.4. The minimum absolute atomic E-state index is 0.125. The second-order valence-electron chi connectivity index (χ2n) is 6.00. The molecule has 1 aliphatic rings. The fourth-order valence-corrected chi connectivity index (χ4v) is 2.89. The molecule has 0 N–H and O–H groups in total. The Morgan fingerprint density at radius 3 is 2.48 bits per heavy atom. The van der Waals surface area contributed by atoms with Gasteiger partial charge in [-0.05, 0) is 31.0 Å². The highest BCUT2D eigenvalue weighted by atomic mass is 19.1. The van der Waals surface area contributed by atoms with Gasteiger partial charge in [0, 0.05) is 38.6 Å². The zero-order valence-electron chi connectivity index (χ0n) is 14.0. The molecule has 1 aliphatic heterocycles. The van der Waals surface area contributed by atoms with Crippen LogP contribution >= 0.6 is 0 Å². The van der Waals surface area contributed by atoms with E-state index in [1.165, 1.54) is 12.3 Å². The van der Waals surface area contributed by atoms with Crippen LogP contribution in [0.4, 0.5) is 4.39 Å². The lowest BCUT2D eigenvalue weighted by Crippen LogP contribution is -2.37. The van der Waals surface area contributed by atoms with Crippen molar-refractivity contribution in [3.05, 3.63) is 59.4 Å². The first-order valence-corrected chi connectivity index (χ1v) is 8.17. The van der Waals surface area contributed by atoms with Gasteiger partial charge in [0.05, 0.1) is 11.8 Å². The van der Waals surface area contributed by atoms with Crippen LogP contribution in [0.15, 0.2) is 36.8 Å². The molecule has 0 aliphatic carbocycles. The number of halogens is 1. The van der Waals surface area contributed by atoms with Gasteiger partial charge in [-0.15, -0.1) is 0 Å². The van der Waals surface area contributed by atoms with E-state index in [-0.39, 0.29) is 17.4 Å². The van der Waals surface area contributed by atoms with E-state index >= 15 is 0 Å². The number of aryl methyl sites for hydroxylation is 1. The molecular formula is C18H19FN4O2. The van der Waals surface area contributed by atoms with Crippen molar-refractivity contribution in [1.29, 1.82) is 0 Å². The predicted molar refractivity (Wildman–Crippen MR) is 89.6 cm³/mol. The highest BCUT2D eigenvalue weighted by Crippen LogP contribution is 2.13. The summed E-state index contributed by atoms with van der Waals surface area (Å²) in [6, 6.07) is 4.83. The van der Waals surface area contributed by atoms with E-state index in [1.807, 2.05) is 13.0 Å². The molecule has 0 spiro atoms. The molecule has 25 heavy (non-hydrogen) atoms. The van der Waals surface area contributed by atoms with Gasteiger partial charge in [0.15, 0.2) is 0 Å². The van der Waals surface area contributed by atoms with Gasteiger partial charge in [-0.25, -0.2) is 4.39 Å². The Kier molecular flexibility index (Phi) is 5.02. The Bertz CT molecular complexity index is 796. The predicted octanol–water partition coefficient (Wildman–Crippen LogP) is 1.91. The van der Waals surface area contributed by atoms with Gasteiger partial charge in [0.25, 0.3) is 11.8 Å². The summed E-state index contributed by atoms with van der Waals surface area (Å²) in [7, 11) is 0. The first-order chi connectivity index (χ1) is 12.1. The zero-order valence-corrected chi connectivity index (χ0v) is 14.0. The average Bonchev–Trinajstić information content (AvgIpc) is 2.87. The molecule has 0 aromatic carbocycles. The van der Waals surface area contributed by atoms with Gasteiger partial charge >= 0.3 is 0 Å². The third-order valence-electron chi connectivity index (χ3n) is 4.23. The van der Waals surface area contributed by atoms with Crippen LogP contribution in [-0.2, 0) is 0 Å².